The fourth-order valence-electron chi connectivity index (χ4n) is 2.04. The Hall–Kier alpha value is -2.17. The van der Waals surface area contributed by atoms with Gasteiger partial charge in [0.05, 0.1) is 17.5 Å². The van der Waals surface area contributed by atoms with Crippen LogP contribution in [0.1, 0.15) is 19.5 Å². The van der Waals surface area contributed by atoms with Crippen LogP contribution in [0.5, 0.6) is 0 Å². The second kappa shape index (κ2) is 5.86. The molecule has 0 bridgehead atoms. The highest BCUT2D eigenvalue weighted by atomic mass is 16.1. The largest absolute Gasteiger partial charge is 0.356 e. The quantitative estimate of drug-likeness (QED) is 0.911. The Morgan fingerprint density at radius 2 is 1.95 bits per heavy atom. The second-order valence-corrected chi connectivity index (χ2v) is 5.30. The molecule has 0 saturated heterocycles. The molecule has 5 nitrogen and oxygen atoms in total. The summed E-state index contributed by atoms with van der Waals surface area (Å²) >= 11 is 0. The molecule has 0 radical (unpaired) electrons. The van der Waals surface area contributed by atoms with Gasteiger partial charge in [-0.05, 0) is 12.0 Å². The van der Waals surface area contributed by atoms with E-state index in [9.17, 15) is 9.59 Å². The summed E-state index contributed by atoms with van der Waals surface area (Å²) in [6.07, 6.45) is 0.182. The number of amides is 1. The van der Waals surface area contributed by atoms with E-state index >= 15 is 0 Å². The molecule has 0 spiro atoms. The molecule has 1 aromatic carbocycles. The molecule has 20 heavy (non-hydrogen) atoms. The van der Waals surface area contributed by atoms with Crippen LogP contribution in [0, 0.1) is 5.92 Å². The fraction of sp³-hybridized carbons (Fsp3) is 0.400. The number of benzene rings is 1. The number of hydrogen-bond donors (Lipinski definition) is 1. The van der Waals surface area contributed by atoms with E-state index < -0.39 is 0 Å². The Morgan fingerprint density at radius 1 is 1.30 bits per heavy atom. The van der Waals surface area contributed by atoms with Crippen molar-refractivity contribution in [1.29, 1.82) is 0 Å². The number of carbonyl (C=O) groups excluding carboxylic acids is 1. The normalized spacial score (nSPS) is 11.0. The van der Waals surface area contributed by atoms with Gasteiger partial charge in [-0.2, -0.15) is 5.10 Å². The topological polar surface area (TPSA) is 64.0 Å². The number of nitrogens with one attached hydrogen (secondary N) is 1. The monoisotopic (exact) mass is 273 g/mol. The van der Waals surface area contributed by atoms with Gasteiger partial charge >= 0.3 is 0 Å². The third-order valence-electron chi connectivity index (χ3n) is 3.07. The third-order valence-corrected chi connectivity index (χ3v) is 3.07. The van der Waals surface area contributed by atoms with E-state index in [2.05, 4.69) is 10.4 Å². The van der Waals surface area contributed by atoms with E-state index in [0.29, 0.717) is 23.5 Å². The highest BCUT2D eigenvalue weighted by Gasteiger charge is 2.12. The Bertz CT molecular complexity index is 689. The minimum absolute atomic E-state index is 0.0741. The molecule has 5 heteroatoms. The fourth-order valence-corrected chi connectivity index (χ4v) is 2.04. The second-order valence-electron chi connectivity index (χ2n) is 5.30. The Kier molecular flexibility index (Phi) is 4.17. The molecule has 0 aliphatic heterocycles. The first-order valence-corrected chi connectivity index (χ1v) is 6.70. The molecular formula is C15H19N3O2. The Morgan fingerprint density at radius 3 is 2.60 bits per heavy atom. The summed E-state index contributed by atoms with van der Waals surface area (Å²) in [5.41, 5.74) is 0.482. The molecule has 2 aromatic rings. The van der Waals surface area contributed by atoms with E-state index in [1.54, 1.807) is 13.1 Å². The van der Waals surface area contributed by atoms with Crippen LogP contribution in [-0.2, 0) is 18.3 Å². The highest BCUT2D eigenvalue weighted by Crippen LogP contribution is 2.13. The Labute approximate surface area is 117 Å². The zero-order valence-corrected chi connectivity index (χ0v) is 12.0. The van der Waals surface area contributed by atoms with E-state index in [0.717, 1.165) is 5.39 Å². The van der Waals surface area contributed by atoms with Crippen molar-refractivity contribution in [3.63, 3.8) is 0 Å². The molecule has 0 unspecified atom stereocenters. The van der Waals surface area contributed by atoms with Crippen molar-refractivity contribution < 1.29 is 4.79 Å². The molecule has 2 rings (SSSR count). The summed E-state index contributed by atoms with van der Waals surface area (Å²) in [4.78, 5) is 23.9. The maximum atomic E-state index is 12.0. The zero-order chi connectivity index (χ0) is 14.7. The molecule has 1 amide bonds. The van der Waals surface area contributed by atoms with Crippen LogP contribution in [0.3, 0.4) is 0 Å². The van der Waals surface area contributed by atoms with Crippen LogP contribution in [-0.4, -0.2) is 22.2 Å². The van der Waals surface area contributed by atoms with Crippen molar-refractivity contribution in [2.45, 2.75) is 20.3 Å². The molecule has 1 N–H and O–H groups in total. The predicted octanol–water partition coefficient (Wildman–Crippen LogP) is 1.25. The van der Waals surface area contributed by atoms with E-state index in [1.165, 1.54) is 4.68 Å². The van der Waals surface area contributed by atoms with Crippen molar-refractivity contribution in [1.82, 2.24) is 15.1 Å². The maximum absolute atomic E-state index is 12.0. The van der Waals surface area contributed by atoms with Gasteiger partial charge in [0.25, 0.3) is 5.56 Å². The summed E-state index contributed by atoms with van der Waals surface area (Å²) in [5.74, 6) is 0.332. The number of aryl methyl sites for hydroxylation is 1. The van der Waals surface area contributed by atoms with E-state index in [4.69, 9.17) is 0 Å². The summed E-state index contributed by atoms with van der Waals surface area (Å²) in [6, 6.07) is 7.25. The molecular weight excluding hydrogens is 254 g/mol. The van der Waals surface area contributed by atoms with Crippen LogP contribution in [0.2, 0.25) is 0 Å². The van der Waals surface area contributed by atoms with Crippen LogP contribution in [0.15, 0.2) is 29.1 Å². The third kappa shape index (κ3) is 3.04. The minimum Gasteiger partial charge on any atom is -0.356 e. The number of aromatic nitrogens is 2. The highest BCUT2D eigenvalue weighted by molar-refractivity contribution is 5.88. The molecule has 0 fully saturated rings. The molecule has 0 aliphatic carbocycles. The van der Waals surface area contributed by atoms with Gasteiger partial charge in [0.1, 0.15) is 0 Å². The van der Waals surface area contributed by atoms with Crippen molar-refractivity contribution in [3.8, 4) is 0 Å². The molecule has 0 saturated carbocycles. The average molecular weight is 273 g/mol. The van der Waals surface area contributed by atoms with Crippen LogP contribution < -0.4 is 10.9 Å². The molecule has 0 atom stereocenters. The molecule has 0 aliphatic rings. The SMILES string of the molecule is CC(C)CNC(=O)Cc1nn(C)c(=O)c2ccccc12. The van der Waals surface area contributed by atoms with Gasteiger partial charge in [-0.3, -0.25) is 9.59 Å². The van der Waals surface area contributed by atoms with Gasteiger partial charge in [-0.15, -0.1) is 0 Å². The average Bonchev–Trinajstić information content (AvgIpc) is 2.42. The van der Waals surface area contributed by atoms with E-state index in [1.807, 2.05) is 32.0 Å². The van der Waals surface area contributed by atoms with Crippen LogP contribution in [0.25, 0.3) is 10.8 Å². The first-order chi connectivity index (χ1) is 9.49. The van der Waals surface area contributed by atoms with Gasteiger partial charge in [0, 0.05) is 19.0 Å². The molecule has 1 heterocycles. The summed E-state index contributed by atoms with van der Waals surface area (Å²) in [5, 5.41) is 8.41. The molecule has 106 valence electrons. The predicted molar refractivity (Wildman–Crippen MR) is 78.5 cm³/mol. The Balaban J connectivity index is 2.33. The van der Waals surface area contributed by atoms with Gasteiger partial charge in [-0.25, -0.2) is 4.68 Å². The first kappa shape index (κ1) is 14.2. The van der Waals surface area contributed by atoms with Crippen LogP contribution >= 0.6 is 0 Å². The number of nitrogens with zero attached hydrogens (tertiary/aromatic N) is 2. The van der Waals surface area contributed by atoms with Gasteiger partial charge < -0.3 is 5.32 Å². The molecule has 1 aromatic heterocycles. The zero-order valence-electron chi connectivity index (χ0n) is 12.0. The van der Waals surface area contributed by atoms with E-state index in [-0.39, 0.29) is 17.9 Å². The lowest BCUT2D eigenvalue weighted by atomic mass is 10.1. The van der Waals surface area contributed by atoms with Crippen molar-refractivity contribution in [2.24, 2.45) is 13.0 Å². The number of hydrogen-bond acceptors (Lipinski definition) is 3. The van der Waals surface area contributed by atoms with Gasteiger partial charge in [0.15, 0.2) is 0 Å². The van der Waals surface area contributed by atoms with Crippen LogP contribution in [0.4, 0.5) is 0 Å². The lowest BCUT2D eigenvalue weighted by Crippen LogP contribution is -2.30. The summed E-state index contributed by atoms with van der Waals surface area (Å²) in [6.45, 7) is 4.73. The first-order valence-electron chi connectivity index (χ1n) is 6.70. The maximum Gasteiger partial charge on any atom is 0.274 e. The van der Waals surface area contributed by atoms with Crippen molar-refractivity contribution in [3.05, 3.63) is 40.3 Å². The smallest absolute Gasteiger partial charge is 0.274 e. The summed E-state index contributed by atoms with van der Waals surface area (Å²) < 4.78 is 1.29. The van der Waals surface area contributed by atoms with Crippen molar-refractivity contribution in [2.75, 3.05) is 6.54 Å². The number of rotatable bonds is 4. The van der Waals surface area contributed by atoms with Gasteiger partial charge in [-0.1, -0.05) is 32.0 Å². The number of carbonyl (C=O) groups is 1. The van der Waals surface area contributed by atoms with Crippen molar-refractivity contribution >= 4 is 16.7 Å². The lowest BCUT2D eigenvalue weighted by molar-refractivity contribution is -0.120. The standard InChI is InChI=1S/C15H19N3O2/c1-10(2)9-16-14(19)8-13-11-6-4-5-7-12(11)15(20)18(3)17-13/h4-7,10H,8-9H2,1-3H3,(H,16,19). The lowest BCUT2D eigenvalue weighted by Gasteiger charge is -2.10. The minimum atomic E-state index is -0.146. The summed E-state index contributed by atoms with van der Waals surface area (Å²) in [7, 11) is 1.60. The van der Waals surface area contributed by atoms with Gasteiger partial charge in [0.2, 0.25) is 5.91 Å². The number of fused-ring (bicyclic) bond motifs is 1.